The van der Waals surface area contributed by atoms with Crippen LogP contribution in [0.3, 0.4) is 0 Å². The maximum Gasteiger partial charge on any atom is 0.258 e. The summed E-state index contributed by atoms with van der Waals surface area (Å²) in [7, 11) is 0. The maximum absolute atomic E-state index is 14.0. The molecule has 1 heterocycles. The topological polar surface area (TPSA) is 64.0 Å². The van der Waals surface area contributed by atoms with Gasteiger partial charge in [-0.25, -0.2) is 4.98 Å². The van der Waals surface area contributed by atoms with Crippen LogP contribution in [-0.4, -0.2) is 21.2 Å². The summed E-state index contributed by atoms with van der Waals surface area (Å²) in [5.74, 6) is 0.0994. The second-order valence-electron chi connectivity index (χ2n) is 9.98. The lowest BCUT2D eigenvalue weighted by Crippen LogP contribution is -2.43. The molecule has 0 aliphatic heterocycles. The number of rotatable bonds is 5. The number of hydrogen-bond donors (Lipinski definition) is 1. The standard InChI is InChI=1S/C29H33N3O2S/c1-4-32-27(34)25-26(23-11-7-6-10-21(23)17-29(25)14-8-5-9-15-29)31-28(32)35-18-24(33)30-22-13-12-19(2)20(3)16-22/h6-7,10-13,16H,4-5,8-9,14-15,17-18H2,1-3H3,(H,30,33). The molecule has 2 aliphatic carbocycles. The number of anilines is 1. The van der Waals surface area contributed by atoms with Gasteiger partial charge in [-0.3, -0.25) is 14.2 Å². The van der Waals surface area contributed by atoms with Gasteiger partial charge in [0, 0.05) is 23.2 Å². The van der Waals surface area contributed by atoms with Gasteiger partial charge in [-0.1, -0.05) is 61.4 Å². The molecule has 35 heavy (non-hydrogen) atoms. The number of amides is 1. The van der Waals surface area contributed by atoms with Crippen molar-refractivity contribution in [3.05, 3.63) is 75.1 Å². The number of nitrogens with one attached hydrogen (secondary N) is 1. The quantitative estimate of drug-likeness (QED) is 0.352. The van der Waals surface area contributed by atoms with E-state index in [1.54, 1.807) is 4.57 Å². The first-order chi connectivity index (χ1) is 16.9. The summed E-state index contributed by atoms with van der Waals surface area (Å²) in [6.07, 6.45) is 6.55. The molecule has 0 saturated heterocycles. The molecule has 2 aliphatic rings. The molecule has 1 aromatic heterocycles. The summed E-state index contributed by atoms with van der Waals surface area (Å²) < 4.78 is 1.77. The average molecular weight is 488 g/mol. The number of nitrogens with zero attached hydrogens (tertiary/aromatic N) is 2. The van der Waals surface area contributed by atoms with Crippen molar-refractivity contribution in [2.45, 2.75) is 76.4 Å². The van der Waals surface area contributed by atoms with Gasteiger partial charge in [0.1, 0.15) is 0 Å². The molecule has 182 valence electrons. The van der Waals surface area contributed by atoms with Crippen LogP contribution < -0.4 is 10.9 Å². The molecule has 5 nitrogen and oxygen atoms in total. The molecule has 1 amide bonds. The molecule has 0 radical (unpaired) electrons. The van der Waals surface area contributed by atoms with Gasteiger partial charge in [0.05, 0.1) is 17.0 Å². The van der Waals surface area contributed by atoms with Gasteiger partial charge >= 0.3 is 0 Å². The Balaban J connectivity index is 1.49. The van der Waals surface area contributed by atoms with E-state index in [0.717, 1.165) is 60.2 Å². The van der Waals surface area contributed by atoms with E-state index >= 15 is 0 Å². The smallest absolute Gasteiger partial charge is 0.258 e. The van der Waals surface area contributed by atoms with E-state index in [2.05, 4.69) is 30.4 Å². The molecule has 2 aromatic carbocycles. The SMILES string of the molecule is CCn1c(SCC(=O)Nc2ccc(C)c(C)c2)nc2c(c1=O)C1(CCCCC1)Cc1ccccc1-2. The van der Waals surface area contributed by atoms with Crippen molar-refractivity contribution in [3.63, 3.8) is 0 Å². The van der Waals surface area contributed by atoms with E-state index in [9.17, 15) is 9.59 Å². The minimum absolute atomic E-state index is 0.0750. The molecule has 5 rings (SSSR count). The fourth-order valence-electron chi connectivity index (χ4n) is 5.76. The molecule has 6 heteroatoms. The molecule has 1 N–H and O–H groups in total. The average Bonchev–Trinajstić information content (AvgIpc) is 2.85. The highest BCUT2D eigenvalue weighted by Gasteiger charge is 2.43. The highest BCUT2D eigenvalue weighted by molar-refractivity contribution is 7.99. The zero-order valence-electron chi connectivity index (χ0n) is 20.8. The molecule has 3 aromatic rings. The third kappa shape index (κ3) is 4.44. The van der Waals surface area contributed by atoms with Crippen molar-refractivity contribution in [2.75, 3.05) is 11.1 Å². The lowest BCUT2D eigenvalue weighted by molar-refractivity contribution is -0.113. The second-order valence-corrected chi connectivity index (χ2v) is 10.9. The van der Waals surface area contributed by atoms with Crippen molar-refractivity contribution in [1.82, 2.24) is 9.55 Å². The number of carbonyl (C=O) groups is 1. The lowest BCUT2D eigenvalue weighted by atomic mass is 9.62. The van der Waals surface area contributed by atoms with Crippen molar-refractivity contribution in [3.8, 4) is 11.3 Å². The van der Waals surface area contributed by atoms with Crippen LogP contribution in [0.5, 0.6) is 0 Å². The largest absolute Gasteiger partial charge is 0.325 e. The first-order valence-corrected chi connectivity index (χ1v) is 13.6. The van der Waals surface area contributed by atoms with Crippen molar-refractivity contribution in [1.29, 1.82) is 0 Å². The fraction of sp³-hybridized carbons (Fsp3) is 0.414. The first kappa shape index (κ1) is 23.9. The zero-order valence-corrected chi connectivity index (χ0v) is 21.6. The molecule has 0 bridgehead atoms. The van der Waals surface area contributed by atoms with Crippen LogP contribution in [0, 0.1) is 13.8 Å². The molecule has 0 unspecified atom stereocenters. The Morgan fingerprint density at radius 3 is 2.60 bits per heavy atom. The monoisotopic (exact) mass is 487 g/mol. The van der Waals surface area contributed by atoms with E-state index < -0.39 is 0 Å². The Kier molecular flexibility index (Phi) is 6.58. The van der Waals surface area contributed by atoms with Crippen LogP contribution in [0.4, 0.5) is 5.69 Å². The Hall–Kier alpha value is -2.86. The number of hydrogen-bond acceptors (Lipinski definition) is 4. The summed E-state index contributed by atoms with van der Waals surface area (Å²) in [4.78, 5) is 31.8. The molecule has 0 atom stereocenters. The third-order valence-electron chi connectivity index (χ3n) is 7.72. The zero-order chi connectivity index (χ0) is 24.6. The molecular weight excluding hydrogens is 454 g/mol. The van der Waals surface area contributed by atoms with E-state index in [0.29, 0.717) is 11.7 Å². The highest BCUT2D eigenvalue weighted by Crippen LogP contribution is 2.48. The number of benzene rings is 2. The number of aromatic nitrogens is 2. The predicted octanol–water partition coefficient (Wildman–Crippen LogP) is 6.04. The lowest BCUT2D eigenvalue weighted by Gasteiger charge is -2.42. The Bertz CT molecular complexity index is 1340. The number of fused-ring (bicyclic) bond motifs is 4. The number of thioether (sulfide) groups is 1. The van der Waals surface area contributed by atoms with E-state index in [1.807, 2.05) is 38.1 Å². The van der Waals surface area contributed by atoms with Gasteiger partial charge in [0.15, 0.2) is 5.16 Å². The normalized spacial score (nSPS) is 16.0. The second kappa shape index (κ2) is 9.65. The van der Waals surface area contributed by atoms with Gasteiger partial charge in [-0.2, -0.15) is 0 Å². The van der Waals surface area contributed by atoms with E-state index in [1.165, 1.54) is 29.3 Å². The minimum atomic E-state index is -0.118. The molecule has 1 fully saturated rings. The Morgan fingerprint density at radius 2 is 1.86 bits per heavy atom. The van der Waals surface area contributed by atoms with E-state index in [4.69, 9.17) is 4.98 Å². The van der Waals surface area contributed by atoms with Crippen LogP contribution >= 0.6 is 11.8 Å². The van der Waals surface area contributed by atoms with E-state index in [-0.39, 0.29) is 22.6 Å². The summed E-state index contributed by atoms with van der Waals surface area (Å²) in [5.41, 5.74) is 7.17. The van der Waals surface area contributed by atoms with Crippen molar-refractivity contribution >= 4 is 23.4 Å². The molecule has 1 saturated carbocycles. The number of carbonyl (C=O) groups excluding carboxylic acids is 1. The van der Waals surface area contributed by atoms with Crippen LogP contribution in [0.1, 0.15) is 61.3 Å². The Morgan fingerprint density at radius 1 is 1.09 bits per heavy atom. The van der Waals surface area contributed by atoms with Crippen LogP contribution in [0.2, 0.25) is 0 Å². The minimum Gasteiger partial charge on any atom is -0.325 e. The van der Waals surface area contributed by atoms with Gasteiger partial charge in [-0.15, -0.1) is 0 Å². The van der Waals surface area contributed by atoms with Gasteiger partial charge in [0.25, 0.3) is 5.56 Å². The van der Waals surface area contributed by atoms with Crippen LogP contribution in [-0.2, 0) is 23.2 Å². The summed E-state index contributed by atoms with van der Waals surface area (Å²) in [5, 5.41) is 3.60. The summed E-state index contributed by atoms with van der Waals surface area (Å²) >= 11 is 1.34. The summed E-state index contributed by atoms with van der Waals surface area (Å²) in [6, 6.07) is 14.3. The molecule has 1 spiro atoms. The van der Waals surface area contributed by atoms with Gasteiger partial charge in [0.2, 0.25) is 5.91 Å². The number of aryl methyl sites for hydroxylation is 2. The van der Waals surface area contributed by atoms with Crippen LogP contribution in [0.15, 0.2) is 52.4 Å². The maximum atomic E-state index is 14.0. The highest BCUT2D eigenvalue weighted by atomic mass is 32.2. The van der Waals surface area contributed by atoms with Crippen molar-refractivity contribution < 1.29 is 4.79 Å². The fourth-order valence-corrected chi connectivity index (χ4v) is 6.61. The van der Waals surface area contributed by atoms with Gasteiger partial charge in [-0.05, 0) is 68.9 Å². The summed E-state index contributed by atoms with van der Waals surface area (Å²) in [6.45, 7) is 6.61. The van der Waals surface area contributed by atoms with Gasteiger partial charge < -0.3 is 5.32 Å². The third-order valence-corrected chi connectivity index (χ3v) is 8.69. The first-order valence-electron chi connectivity index (χ1n) is 12.7. The molecular formula is C29H33N3O2S. The van der Waals surface area contributed by atoms with Crippen LogP contribution in [0.25, 0.3) is 11.3 Å². The Labute approximate surface area is 211 Å². The predicted molar refractivity (Wildman–Crippen MR) is 143 cm³/mol. The van der Waals surface area contributed by atoms with Crippen molar-refractivity contribution in [2.24, 2.45) is 0 Å².